The van der Waals surface area contributed by atoms with Crippen molar-refractivity contribution in [3.63, 3.8) is 0 Å². The third kappa shape index (κ3) is 4.81. The van der Waals surface area contributed by atoms with Gasteiger partial charge in [0.05, 0.1) is 21.7 Å². The topological polar surface area (TPSA) is 80.5 Å². The van der Waals surface area contributed by atoms with Gasteiger partial charge in [-0.05, 0) is 74.4 Å². The van der Waals surface area contributed by atoms with E-state index in [-0.39, 0.29) is 4.90 Å². The van der Waals surface area contributed by atoms with E-state index in [1.165, 1.54) is 11.3 Å². The third-order valence-corrected chi connectivity index (χ3v) is 7.90. The monoisotopic (exact) mass is 489 g/mol. The molecule has 6 nitrogen and oxygen atoms in total. The molecule has 34 heavy (non-hydrogen) atoms. The minimum Gasteiger partial charge on any atom is -0.305 e. The molecule has 0 unspecified atom stereocenters. The Morgan fingerprint density at radius 2 is 1.71 bits per heavy atom. The van der Waals surface area contributed by atoms with Gasteiger partial charge in [0, 0.05) is 11.3 Å². The van der Waals surface area contributed by atoms with Crippen molar-refractivity contribution in [2.45, 2.75) is 32.2 Å². The molecule has 1 N–H and O–H groups in total. The van der Waals surface area contributed by atoms with Gasteiger partial charge in [0.1, 0.15) is 0 Å². The number of aromatic nitrogens is 1. The molecule has 0 saturated heterocycles. The maximum Gasteiger partial charge on any atom is 0.279 e. The van der Waals surface area contributed by atoms with Gasteiger partial charge in [-0.3, -0.25) is 9.52 Å². The number of sulfonamides is 1. The van der Waals surface area contributed by atoms with Crippen LogP contribution >= 0.6 is 11.3 Å². The van der Waals surface area contributed by atoms with Gasteiger partial charge in [-0.15, -0.1) is 6.42 Å². The van der Waals surface area contributed by atoms with Crippen LogP contribution in [0.5, 0.6) is 0 Å². The number of carbonyl (C=O) groups excluding carboxylic acids is 1. The fourth-order valence-electron chi connectivity index (χ4n) is 3.61. The number of thiazole rings is 1. The zero-order valence-electron chi connectivity index (χ0n) is 19.0. The molecule has 0 aliphatic heterocycles. The molecule has 8 heteroatoms. The number of terminal acetylenes is 1. The highest BCUT2D eigenvalue weighted by molar-refractivity contribution is 7.92. The lowest BCUT2D eigenvalue weighted by Gasteiger charge is -2.08. The van der Waals surface area contributed by atoms with E-state index in [1.54, 1.807) is 48.5 Å². The Hall–Kier alpha value is -3.67. The number of hydrogen-bond acceptors (Lipinski definition) is 4. The highest BCUT2D eigenvalue weighted by atomic mass is 32.2. The van der Waals surface area contributed by atoms with Gasteiger partial charge in [0.15, 0.2) is 4.80 Å². The van der Waals surface area contributed by atoms with Crippen molar-refractivity contribution >= 4 is 43.2 Å². The van der Waals surface area contributed by atoms with Gasteiger partial charge in [-0.25, -0.2) is 8.42 Å². The first kappa shape index (κ1) is 23.5. The maximum absolute atomic E-state index is 12.9. The van der Waals surface area contributed by atoms with Crippen LogP contribution in [0.1, 0.15) is 27.0 Å². The molecule has 0 aliphatic carbocycles. The Balaban J connectivity index is 1.63. The van der Waals surface area contributed by atoms with Crippen LogP contribution < -0.4 is 9.52 Å². The number of aryl methyl sites for hydroxylation is 3. The summed E-state index contributed by atoms with van der Waals surface area (Å²) in [5.74, 6) is 2.20. The highest BCUT2D eigenvalue weighted by Gasteiger charge is 2.15. The van der Waals surface area contributed by atoms with E-state index >= 15 is 0 Å². The average molecular weight is 490 g/mol. The first-order valence-electron chi connectivity index (χ1n) is 10.5. The summed E-state index contributed by atoms with van der Waals surface area (Å²) in [6, 6.07) is 16.9. The molecule has 0 radical (unpaired) electrons. The van der Waals surface area contributed by atoms with E-state index in [2.05, 4.69) is 21.7 Å². The van der Waals surface area contributed by atoms with Crippen molar-refractivity contribution in [1.29, 1.82) is 0 Å². The van der Waals surface area contributed by atoms with Crippen molar-refractivity contribution in [3.05, 3.63) is 87.7 Å². The van der Waals surface area contributed by atoms with E-state index in [0.717, 1.165) is 26.9 Å². The van der Waals surface area contributed by atoms with Crippen molar-refractivity contribution in [1.82, 2.24) is 4.57 Å². The number of hydrogen-bond donors (Lipinski definition) is 1. The Kier molecular flexibility index (Phi) is 6.42. The molecular weight excluding hydrogens is 466 g/mol. The van der Waals surface area contributed by atoms with Gasteiger partial charge in [-0.1, -0.05) is 41.0 Å². The van der Waals surface area contributed by atoms with Crippen LogP contribution in [-0.2, 0) is 16.6 Å². The minimum absolute atomic E-state index is 0.168. The Morgan fingerprint density at radius 3 is 2.35 bits per heavy atom. The van der Waals surface area contributed by atoms with Crippen LogP contribution in [0.15, 0.2) is 70.6 Å². The molecule has 4 rings (SSSR count). The molecule has 0 saturated carbocycles. The van der Waals surface area contributed by atoms with Crippen LogP contribution in [0.2, 0.25) is 0 Å². The maximum atomic E-state index is 12.9. The summed E-state index contributed by atoms with van der Waals surface area (Å²) >= 11 is 1.42. The Bertz CT molecular complexity index is 1600. The van der Waals surface area contributed by atoms with Gasteiger partial charge in [-0.2, -0.15) is 4.99 Å². The fraction of sp³-hybridized carbons (Fsp3) is 0.154. The smallest absolute Gasteiger partial charge is 0.279 e. The number of anilines is 1. The predicted octanol–water partition coefficient (Wildman–Crippen LogP) is 4.80. The summed E-state index contributed by atoms with van der Waals surface area (Å²) < 4.78 is 30.6. The summed E-state index contributed by atoms with van der Waals surface area (Å²) in [7, 11) is -3.72. The zero-order chi connectivity index (χ0) is 24.5. The van der Waals surface area contributed by atoms with Crippen molar-refractivity contribution in [2.24, 2.45) is 4.99 Å². The number of amides is 1. The van der Waals surface area contributed by atoms with Crippen LogP contribution in [0.3, 0.4) is 0 Å². The molecule has 0 atom stereocenters. The Labute approximate surface area is 202 Å². The van der Waals surface area contributed by atoms with Gasteiger partial charge < -0.3 is 4.57 Å². The number of fused-ring (bicyclic) bond motifs is 1. The molecule has 0 aliphatic rings. The highest BCUT2D eigenvalue weighted by Crippen LogP contribution is 2.24. The van der Waals surface area contributed by atoms with E-state index < -0.39 is 15.9 Å². The largest absolute Gasteiger partial charge is 0.305 e. The number of nitrogens with one attached hydrogen (secondary N) is 1. The second-order valence-electron chi connectivity index (χ2n) is 8.02. The predicted molar refractivity (Wildman–Crippen MR) is 136 cm³/mol. The molecule has 0 spiro atoms. The first-order chi connectivity index (χ1) is 16.2. The van der Waals surface area contributed by atoms with Crippen LogP contribution in [-0.4, -0.2) is 18.9 Å². The number of benzene rings is 3. The number of carbonyl (C=O) groups is 1. The van der Waals surface area contributed by atoms with E-state index in [9.17, 15) is 13.2 Å². The molecular formula is C26H23N3O3S2. The quantitative estimate of drug-likeness (QED) is 0.409. The summed E-state index contributed by atoms with van der Waals surface area (Å²) in [5, 5.41) is 0. The lowest BCUT2D eigenvalue weighted by molar-refractivity contribution is 0.0998. The molecule has 3 aromatic carbocycles. The zero-order valence-corrected chi connectivity index (χ0v) is 20.6. The summed E-state index contributed by atoms with van der Waals surface area (Å²) in [6.07, 6.45) is 5.57. The van der Waals surface area contributed by atoms with E-state index in [0.29, 0.717) is 22.6 Å². The number of rotatable bonds is 5. The molecule has 1 amide bonds. The molecule has 0 bridgehead atoms. The van der Waals surface area contributed by atoms with Crippen molar-refractivity contribution in [3.8, 4) is 12.3 Å². The normalized spacial score (nSPS) is 12.0. The van der Waals surface area contributed by atoms with Gasteiger partial charge in [0.25, 0.3) is 15.9 Å². The molecule has 1 heterocycles. The average Bonchev–Trinajstić information content (AvgIpc) is 3.12. The Morgan fingerprint density at radius 1 is 1.03 bits per heavy atom. The van der Waals surface area contributed by atoms with Gasteiger partial charge >= 0.3 is 0 Å². The standard InChI is InChI=1S/C26H23N3O3S2/c1-5-14-29-23-16-18(3)15-19(4)24(23)33-26(29)27-25(30)20-8-10-21(11-9-20)28-34(31,32)22-12-6-17(2)7-13-22/h1,6-13,15-16,28H,14H2,2-4H3. The molecule has 0 fully saturated rings. The lowest BCUT2D eigenvalue weighted by Crippen LogP contribution is -2.16. The van der Waals surface area contributed by atoms with E-state index in [1.807, 2.05) is 31.4 Å². The second kappa shape index (κ2) is 9.29. The van der Waals surface area contributed by atoms with Gasteiger partial charge in [0.2, 0.25) is 0 Å². The van der Waals surface area contributed by atoms with Crippen LogP contribution in [0.25, 0.3) is 10.2 Å². The molecule has 1 aromatic heterocycles. The second-order valence-corrected chi connectivity index (χ2v) is 10.7. The van der Waals surface area contributed by atoms with Crippen LogP contribution in [0.4, 0.5) is 5.69 Å². The van der Waals surface area contributed by atoms with E-state index in [4.69, 9.17) is 6.42 Å². The third-order valence-electron chi connectivity index (χ3n) is 5.28. The summed E-state index contributed by atoms with van der Waals surface area (Å²) in [5.41, 5.74) is 4.83. The summed E-state index contributed by atoms with van der Waals surface area (Å²) in [4.78, 5) is 17.9. The van der Waals surface area contributed by atoms with Crippen molar-refractivity contribution < 1.29 is 13.2 Å². The summed E-state index contributed by atoms with van der Waals surface area (Å²) in [6.45, 7) is 6.23. The number of nitrogens with zero attached hydrogens (tertiary/aromatic N) is 2. The molecule has 4 aromatic rings. The van der Waals surface area contributed by atoms with Crippen LogP contribution in [0, 0.1) is 33.1 Å². The SMILES string of the molecule is C#CCn1c(=NC(=O)c2ccc(NS(=O)(=O)c3ccc(C)cc3)cc2)sc2c(C)cc(C)cc21. The van der Waals surface area contributed by atoms with Crippen molar-refractivity contribution in [2.75, 3.05) is 4.72 Å². The first-order valence-corrected chi connectivity index (χ1v) is 12.8. The molecule has 172 valence electrons. The minimum atomic E-state index is -3.72. The lowest BCUT2D eigenvalue weighted by atomic mass is 10.1. The fourth-order valence-corrected chi connectivity index (χ4v) is 5.74.